The second-order valence-corrected chi connectivity index (χ2v) is 11.9. The SMILES string of the molecule is C=C(C)c1ccoc1C(=O)Nc1cccc(C#Cc2cncc(C(=O)N=S3(=O)CCN(C(=O)NCC(=O)O)CC3)c2)c1. The van der Waals surface area contributed by atoms with Gasteiger partial charge in [-0.15, -0.1) is 0 Å². The van der Waals surface area contributed by atoms with E-state index in [2.05, 4.69) is 38.4 Å². The number of furan rings is 1. The smallest absolute Gasteiger partial charge is 0.323 e. The molecule has 13 heteroatoms. The molecule has 12 nitrogen and oxygen atoms in total. The number of carbonyl (C=O) groups is 4. The normalized spacial score (nSPS) is 13.7. The molecule has 216 valence electrons. The number of urea groups is 1. The second kappa shape index (κ2) is 13.0. The Labute approximate surface area is 242 Å². The zero-order chi connectivity index (χ0) is 30.3. The van der Waals surface area contributed by atoms with Crippen LogP contribution in [0.15, 0.2) is 70.4 Å². The Morgan fingerprint density at radius 2 is 1.86 bits per heavy atom. The van der Waals surface area contributed by atoms with Gasteiger partial charge in [0.15, 0.2) is 5.76 Å². The molecule has 4 rings (SSSR count). The molecule has 0 saturated carbocycles. The lowest BCUT2D eigenvalue weighted by atomic mass is 10.1. The Balaban J connectivity index is 1.42. The number of nitrogens with one attached hydrogen (secondary N) is 2. The minimum Gasteiger partial charge on any atom is -0.480 e. The van der Waals surface area contributed by atoms with Gasteiger partial charge in [-0.1, -0.05) is 24.5 Å². The van der Waals surface area contributed by atoms with Crippen LogP contribution in [0.25, 0.3) is 5.57 Å². The van der Waals surface area contributed by atoms with E-state index in [0.717, 1.165) is 0 Å². The van der Waals surface area contributed by atoms with Crippen LogP contribution in [0.4, 0.5) is 10.5 Å². The number of hydrogen-bond donors (Lipinski definition) is 3. The molecule has 0 atom stereocenters. The summed E-state index contributed by atoms with van der Waals surface area (Å²) < 4.78 is 22.4. The maximum absolute atomic E-state index is 13.1. The molecule has 3 heterocycles. The largest absolute Gasteiger partial charge is 0.480 e. The minimum atomic E-state index is -2.91. The van der Waals surface area contributed by atoms with Gasteiger partial charge in [0.2, 0.25) is 0 Å². The van der Waals surface area contributed by atoms with Gasteiger partial charge in [-0.25, -0.2) is 9.00 Å². The summed E-state index contributed by atoms with van der Waals surface area (Å²) in [5.41, 5.74) is 2.95. The third kappa shape index (κ3) is 7.70. The van der Waals surface area contributed by atoms with Crippen molar-refractivity contribution in [1.29, 1.82) is 0 Å². The Morgan fingerprint density at radius 3 is 2.57 bits per heavy atom. The maximum Gasteiger partial charge on any atom is 0.323 e. The fraction of sp³-hybridized carbons (Fsp3) is 0.207. The van der Waals surface area contributed by atoms with E-state index < -0.39 is 40.1 Å². The molecule has 1 aliphatic rings. The number of hydrogen-bond acceptors (Lipinski definition) is 7. The molecule has 0 aliphatic carbocycles. The number of rotatable bonds is 6. The Bertz CT molecular complexity index is 1740. The summed E-state index contributed by atoms with van der Waals surface area (Å²) in [5.74, 6) is 3.70. The van der Waals surface area contributed by atoms with Gasteiger partial charge in [-0.05, 0) is 42.8 Å². The predicted molar refractivity (Wildman–Crippen MR) is 155 cm³/mol. The van der Waals surface area contributed by atoms with E-state index in [9.17, 15) is 23.4 Å². The average Bonchev–Trinajstić information content (AvgIpc) is 3.46. The van der Waals surface area contributed by atoms with Crippen molar-refractivity contribution in [2.24, 2.45) is 4.36 Å². The summed E-state index contributed by atoms with van der Waals surface area (Å²) in [6.45, 7) is 5.25. The van der Waals surface area contributed by atoms with Crippen molar-refractivity contribution in [2.75, 3.05) is 36.5 Å². The molecule has 0 unspecified atom stereocenters. The van der Waals surface area contributed by atoms with Crippen LogP contribution in [0.1, 0.15) is 44.5 Å². The van der Waals surface area contributed by atoms with Crippen molar-refractivity contribution in [1.82, 2.24) is 15.2 Å². The first kappa shape index (κ1) is 29.8. The second-order valence-electron chi connectivity index (χ2n) is 9.31. The number of aliphatic carboxylic acids is 1. The molecule has 0 bridgehead atoms. The van der Waals surface area contributed by atoms with Crippen molar-refractivity contribution >= 4 is 44.8 Å². The van der Waals surface area contributed by atoms with Gasteiger partial charge in [0.05, 0.1) is 33.1 Å². The average molecular weight is 590 g/mol. The molecule has 1 fully saturated rings. The first-order chi connectivity index (χ1) is 20.0. The summed E-state index contributed by atoms with van der Waals surface area (Å²) >= 11 is 0. The van der Waals surface area contributed by atoms with Crippen molar-refractivity contribution in [3.05, 3.63) is 89.6 Å². The topological polar surface area (TPSA) is 171 Å². The van der Waals surface area contributed by atoms with E-state index in [-0.39, 0.29) is 35.9 Å². The lowest BCUT2D eigenvalue weighted by molar-refractivity contribution is -0.135. The van der Waals surface area contributed by atoms with Crippen LogP contribution in [0, 0.1) is 11.8 Å². The van der Waals surface area contributed by atoms with E-state index in [1.165, 1.54) is 29.6 Å². The van der Waals surface area contributed by atoms with Crippen LogP contribution in [0.2, 0.25) is 0 Å². The highest BCUT2D eigenvalue weighted by Crippen LogP contribution is 2.20. The number of allylic oxidation sites excluding steroid dienone is 1. The first-order valence-corrected chi connectivity index (χ1v) is 14.5. The fourth-order valence-corrected chi connectivity index (χ4v) is 5.74. The molecule has 4 amide bonds. The van der Waals surface area contributed by atoms with Gasteiger partial charge < -0.3 is 25.1 Å². The molecule has 1 aromatic carbocycles. The number of anilines is 1. The van der Waals surface area contributed by atoms with Gasteiger partial charge in [-0.3, -0.25) is 19.4 Å². The number of carboxylic acids is 1. The van der Waals surface area contributed by atoms with Gasteiger partial charge in [0, 0.05) is 47.9 Å². The molecule has 0 spiro atoms. The highest BCUT2D eigenvalue weighted by atomic mass is 32.2. The van der Waals surface area contributed by atoms with Crippen molar-refractivity contribution < 1.29 is 32.9 Å². The molecule has 1 saturated heterocycles. The van der Waals surface area contributed by atoms with E-state index in [0.29, 0.717) is 28.0 Å². The van der Waals surface area contributed by atoms with E-state index in [1.807, 2.05) is 0 Å². The van der Waals surface area contributed by atoms with E-state index >= 15 is 0 Å². The Kier molecular flexibility index (Phi) is 9.18. The molecular weight excluding hydrogens is 562 g/mol. The molecule has 3 aromatic rings. The number of amides is 4. The van der Waals surface area contributed by atoms with Crippen LogP contribution < -0.4 is 10.6 Å². The zero-order valence-electron chi connectivity index (χ0n) is 22.6. The monoisotopic (exact) mass is 589 g/mol. The first-order valence-electron chi connectivity index (χ1n) is 12.7. The standard InChI is InChI=1S/C29H27N5O7S/c1-19(2)24-8-11-41-26(24)28(38)32-23-5-3-4-20(15-23)6-7-21-14-22(17-30-16-21)27(37)33-42(40)12-9-34(10-13-42)29(39)31-18-25(35)36/h3-5,8,11,14-17H,1,9-10,12-13,18H2,2H3,(H,31,39)(H,32,38)(H,35,36). The van der Waals surface area contributed by atoms with Crippen LogP contribution in [-0.2, 0) is 14.5 Å². The molecular formula is C29H27N5O7S. The Hall–Kier alpha value is -5.22. The van der Waals surface area contributed by atoms with Crippen LogP contribution >= 0.6 is 0 Å². The number of nitrogens with zero attached hydrogens (tertiary/aromatic N) is 3. The predicted octanol–water partition coefficient (Wildman–Crippen LogP) is 3.08. The number of carbonyl (C=O) groups excluding carboxylic acids is 3. The summed E-state index contributed by atoms with van der Waals surface area (Å²) in [4.78, 5) is 53.5. The summed E-state index contributed by atoms with van der Waals surface area (Å²) in [7, 11) is -2.91. The van der Waals surface area contributed by atoms with E-state index in [1.54, 1.807) is 37.3 Å². The third-order valence-corrected chi connectivity index (χ3v) is 8.22. The summed E-state index contributed by atoms with van der Waals surface area (Å²) in [6.07, 6.45) is 4.20. The van der Waals surface area contributed by atoms with Crippen LogP contribution in [-0.4, -0.2) is 74.2 Å². The van der Waals surface area contributed by atoms with Gasteiger partial charge in [0.25, 0.3) is 11.8 Å². The quantitative estimate of drug-likeness (QED) is 0.368. The van der Waals surface area contributed by atoms with E-state index in [4.69, 9.17) is 9.52 Å². The van der Waals surface area contributed by atoms with Gasteiger partial charge in [0.1, 0.15) is 6.54 Å². The molecule has 2 aromatic heterocycles. The summed E-state index contributed by atoms with van der Waals surface area (Å²) in [6, 6.07) is 9.47. The lowest BCUT2D eigenvalue weighted by Gasteiger charge is -2.28. The van der Waals surface area contributed by atoms with Crippen LogP contribution in [0.5, 0.6) is 0 Å². The molecule has 42 heavy (non-hydrogen) atoms. The molecule has 3 N–H and O–H groups in total. The van der Waals surface area contributed by atoms with Crippen molar-refractivity contribution in [2.45, 2.75) is 6.92 Å². The van der Waals surface area contributed by atoms with Crippen molar-refractivity contribution in [3.8, 4) is 11.8 Å². The number of benzene rings is 1. The van der Waals surface area contributed by atoms with Gasteiger partial charge >= 0.3 is 12.0 Å². The van der Waals surface area contributed by atoms with Crippen LogP contribution in [0.3, 0.4) is 0 Å². The number of carboxylic acid groups (broad SMARTS) is 1. The zero-order valence-corrected chi connectivity index (χ0v) is 23.4. The van der Waals surface area contributed by atoms with Gasteiger partial charge in [-0.2, -0.15) is 4.36 Å². The number of pyridine rings is 1. The number of aromatic nitrogens is 1. The molecule has 1 aliphatic heterocycles. The van der Waals surface area contributed by atoms with Crippen molar-refractivity contribution in [3.63, 3.8) is 0 Å². The molecule has 0 radical (unpaired) electrons. The lowest BCUT2D eigenvalue weighted by Crippen LogP contribution is -2.49. The maximum atomic E-state index is 13.1. The highest BCUT2D eigenvalue weighted by Gasteiger charge is 2.25. The summed E-state index contributed by atoms with van der Waals surface area (Å²) in [5, 5.41) is 13.7. The minimum absolute atomic E-state index is 0.0204. The fourth-order valence-electron chi connectivity index (χ4n) is 3.93. The Morgan fingerprint density at radius 1 is 1.12 bits per heavy atom. The third-order valence-electron chi connectivity index (χ3n) is 6.08. The highest BCUT2D eigenvalue weighted by molar-refractivity contribution is 7.94.